The summed E-state index contributed by atoms with van der Waals surface area (Å²) in [5.41, 5.74) is 2.09. The number of nitrogens with one attached hydrogen (secondary N) is 1. The maximum Gasteiger partial charge on any atom is 0.124 e. The summed E-state index contributed by atoms with van der Waals surface area (Å²) in [7, 11) is 1.68. The highest BCUT2D eigenvalue weighted by molar-refractivity contribution is 6.31. The topological polar surface area (TPSA) is 30.5 Å². The molecule has 1 fully saturated rings. The molecule has 1 heterocycles. The zero-order valence-electron chi connectivity index (χ0n) is 10.4. The molecule has 4 heteroatoms. The highest BCUT2D eigenvalue weighted by atomic mass is 35.5. The van der Waals surface area contributed by atoms with Crippen molar-refractivity contribution in [2.24, 2.45) is 0 Å². The average Bonchev–Trinajstić information content (AvgIpc) is 2.32. The molecule has 0 aromatic heterocycles. The second-order valence-electron chi connectivity index (χ2n) is 4.50. The van der Waals surface area contributed by atoms with Crippen LogP contribution >= 0.6 is 11.6 Å². The van der Waals surface area contributed by atoms with Gasteiger partial charge in [-0.15, -0.1) is 0 Å². The van der Waals surface area contributed by atoms with Crippen molar-refractivity contribution in [1.29, 1.82) is 0 Å². The van der Waals surface area contributed by atoms with Crippen LogP contribution in [0, 0.1) is 6.92 Å². The minimum Gasteiger partial charge on any atom is -0.496 e. The van der Waals surface area contributed by atoms with Gasteiger partial charge in [0.1, 0.15) is 5.75 Å². The summed E-state index contributed by atoms with van der Waals surface area (Å²) in [6, 6.07) is 4.43. The molecule has 0 amide bonds. The van der Waals surface area contributed by atoms with Gasteiger partial charge in [0.15, 0.2) is 0 Å². The van der Waals surface area contributed by atoms with E-state index in [1.165, 1.54) is 0 Å². The van der Waals surface area contributed by atoms with E-state index in [4.69, 9.17) is 21.1 Å². The predicted molar refractivity (Wildman–Crippen MR) is 68.9 cm³/mol. The molecule has 2 atom stereocenters. The molecule has 0 saturated carbocycles. The fourth-order valence-corrected chi connectivity index (χ4v) is 2.27. The van der Waals surface area contributed by atoms with Crippen molar-refractivity contribution in [3.05, 3.63) is 28.3 Å². The van der Waals surface area contributed by atoms with E-state index in [9.17, 15) is 0 Å². The minimum atomic E-state index is 0.145. The van der Waals surface area contributed by atoms with Gasteiger partial charge in [0.25, 0.3) is 0 Å². The lowest BCUT2D eigenvalue weighted by Crippen LogP contribution is -2.41. The number of aryl methyl sites for hydroxylation is 1. The van der Waals surface area contributed by atoms with Gasteiger partial charge in [-0.05, 0) is 31.5 Å². The van der Waals surface area contributed by atoms with Crippen molar-refractivity contribution in [3.8, 4) is 5.75 Å². The van der Waals surface area contributed by atoms with Crippen LogP contribution in [0.2, 0.25) is 5.02 Å². The Hall–Kier alpha value is -0.770. The minimum absolute atomic E-state index is 0.145. The van der Waals surface area contributed by atoms with Crippen LogP contribution in [0.25, 0.3) is 0 Å². The molecule has 1 aromatic rings. The Morgan fingerprint density at radius 3 is 2.82 bits per heavy atom. The summed E-state index contributed by atoms with van der Waals surface area (Å²) in [5.74, 6) is 0.863. The molecule has 0 aliphatic carbocycles. The maximum atomic E-state index is 6.17. The van der Waals surface area contributed by atoms with Crippen LogP contribution in [0.4, 0.5) is 0 Å². The number of methoxy groups -OCH3 is 1. The van der Waals surface area contributed by atoms with Gasteiger partial charge in [0.2, 0.25) is 0 Å². The zero-order chi connectivity index (χ0) is 12.4. The highest BCUT2D eigenvalue weighted by Gasteiger charge is 2.23. The van der Waals surface area contributed by atoms with E-state index in [1.807, 2.05) is 19.1 Å². The second-order valence-corrected chi connectivity index (χ2v) is 4.91. The molecule has 1 aromatic carbocycles. The largest absolute Gasteiger partial charge is 0.496 e. The highest BCUT2D eigenvalue weighted by Crippen LogP contribution is 2.32. The molecule has 0 bridgehead atoms. The van der Waals surface area contributed by atoms with Gasteiger partial charge in [-0.25, -0.2) is 0 Å². The van der Waals surface area contributed by atoms with Gasteiger partial charge >= 0.3 is 0 Å². The number of morpholine rings is 1. The van der Waals surface area contributed by atoms with Crippen molar-refractivity contribution in [1.82, 2.24) is 5.32 Å². The van der Waals surface area contributed by atoms with Crippen LogP contribution in [-0.4, -0.2) is 26.4 Å². The van der Waals surface area contributed by atoms with Crippen molar-refractivity contribution >= 4 is 11.6 Å². The van der Waals surface area contributed by atoms with Crippen LogP contribution < -0.4 is 10.1 Å². The molecule has 0 radical (unpaired) electrons. The summed E-state index contributed by atoms with van der Waals surface area (Å²) in [6.45, 7) is 5.48. The molecule has 1 saturated heterocycles. The third-order valence-corrected chi connectivity index (χ3v) is 3.43. The van der Waals surface area contributed by atoms with E-state index >= 15 is 0 Å². The second kappa shape index (κ2) is 5.25. The quantitative estimate of drug-likeness (QED) is 0.882. The monoisotopic (exact) mass is 255 g/mol. The van der Waals surface area contributed by atoms with Gasteiger partial charge in [-0.2, -0.15) is 0 Å². The number of hydrogen-bond acceptors (Lipinski definition) is 3. The van der Waals surface area contributed by atoms with E-state index < -0.39 is 0 Å². The molecule has 1 aliphatic heterocycles. The number of benzene rings is 1. The summed E-state index contributed by atoms with van der Waals surface area (Å²) in [5, 5.41) is 4.26. The fraction of sp³-hybridized carbons (Fsp3) is 0.538. The Kier molecular flexibility index (Phi) is 3.92. The summed E-state index contributed by atoms with van der Waals surface area (Å²) in [6.07, 6.45) is 0. The van der Waals surface area contributed by atoms with Gasteiger partial charge in [-0.3, -0.25) is 0 Å². The van der Waals surface area contributed by atoms with E-state index in [0.29, 0.717) is 12.6 Å². The van der Waals surface area contributed by atoms with Crippen molar-refractivity contribution < 1.29 is 9.47 Å². The Morgan fingerprint density at radius 1 is 1.41 bits per heavy atom. The van der Waals surface area contributed by atoms with E-state index in [0.717, 1.165) is 28.5 Å². The van der Waals surface area contributed by atoms with Crippen LogP contribution in [0.5, 0.6) is 5.75 Å². The van der Waals surface area contributed by atoms with Gasteiger partial charge in [0.05, 0.1) is 26.4 Å². The first-order valence-corrected chi connectivity index (χ1v) is 6.17. The number of rotatable bonds is 2. The first-order valence-electron chi connectivity index (χ1n) is 5.79. The zero-order valence-corrected chi connectivity index (χ0v) is 11.2. The van der Waals surface area contributed by atoms with Crippen LogP contribution in [0.1, 0.15) is 24.1 Å². The SMILES string of the molecule is COc1cc(C)c(Cl)cc1C1COCC(C)N1. The molecule has 1 aliphatic rings. The molecule has 3 nitrogen and oxygen atoms in total. The average molecular weight is 256 g/mol. The third-order valence-electron chi connectivity index (χ3n) is 3.02. The van der Waals surface area contributed by atoms with Gasteiger partial charge in [0, 0.05) is 16.6 Å². The fourth-order valence-electron chi connectivity index (χ4n) is 2.10. The summed E-state index contributed by atoms with van der Waals surface area (Å²) >= 11 is 6.17. The number of halogens is 1. The summed E-state index contributed by atoms with van der Waals surface area (Å²) in [4.78, 5) is 0. The lowest BCUT2D eigenvalue weighted by molar-refractivity contribution is 0.0497. The first kappa shape index (κ1) is 12.7. The van der Waals surface area contributed by atoms with Gasteiger partial charge in [-0.1, -0.05) is 11.6 Å². The van der Waals surface area contributed by atoms with Crippen LogP contribution in [0.3, 0.4) is 0 Å². The number of ether oxygens (including phenoxy) is 2. The van der Waals surface area contributed by atoms with E-state index in [1.54, 1.807) is 7.11 Å². The van der Waals surface area contributed by atoms with Crippen LogP contribution in [-0.2, 0) is 4.74 Å². The van der Waals surface area contributed by atoms with Crippen molar-refractivity contribution in [3.63, 3.8) is 0 Å². The Morgan fingerprint density at radius 2 is 2.18 bits per heavy atom. The molecular weight excluding hydrogens is 238 g/mol. The molecule has 17 heavy (non-hydrogen) atoms. The Labute approximate surface area is 107 Å². The molecule has 94 valence electrons. The molecule has 1 N–H and O–H groups in total. The van der Waals surface area contributed by atoms with Crippen molar-refractivity contribution in [2.45, 2.75) is 25.9 Å². The molecule has 0 spiro atoms. The molecular formula is C13H18ClNO2. The number of hydrogen-bond donors (Lipinski definition) is 1. The maximum absolute atomic E-state index is 6.17. The predicted octanol–water partition coefficient (Wildman–Crippen LogP) is 2.71. The van der Waals surface area contributed by atoms with E-state index in [-0.39, 0.29) is 6.04 Å². The normalized spacial score (nSPS) is 24.7. The first-order chi connectivity index (χ1) is 8.11. The van der Waals surface area contributed by atoms with Crippen LogP contribution in [0.15, 0.2) is 12.1 Å². The Bertz CT molecular complexity index is 409. The third kappa shape index (κ3) is 2.73. The molecule has 2 unspecified atom stereocenters. The lowest BCUT2D eigenvalue weighted by Gasteiger charge is -2.30. The molecule has 2 rings (SSSR count). The lowest BCUT2D eigenvalue weighted by atomic mass is 10.0. The standard InChI is InChI=1S/C13H18ClNO2/c1-8-4-13(16-3)10(5-11(8)14)12-7-17-6-9(2)15-12/h4-5,9,12,15H,6-7H2,1-3H3. The summed E-state index contributed by atoms with van der Waals surface area (Å²) < 4.78 is 11.0. The smallest absolute Gasteiger partial charge is 0.124 e. The van der Waals surface area contributed by atoms with Crippen molar-refractivity contribution in [2.75, 3.05) is 20.3 Å². The Balaban J connectivity index is 2.33. The van der Waals surface area contributed by atoms with E-state index in [2.05, 4.69) is 12.2 Å². The van der Waals surface area contributed by atoms with Gasteiger partial charge < -0.3 is 14.8 Å².